The number of carbonyl (C=O) groups excluding carboxylic acids is 1. The maximum Gasteiger partial charge on any atom is 0.251 e. The lowest BCUT2D eigenvalue weighted by Gasteiger charge is -2.10. The van der Waals surface area contributed by atoms with E-state index in [-0.39, 0.29) is 5.91 Å². The highest BCUT2D eigenvalue weighted by Gasteiger charge is 2.11. The Kier molecular flexibility index (Phi) is 4.55. The van der Waals surface area contributed by atoms with Crippen molar-refractivity contribution >= 4 is 38.9 Å². The highest BCUT2D eigenvalue weighted by Crippen LogP contribution is 2.22. The Morgan fingerprint density at radius 3 is 3.00 bits per heavy atom. The summed E-state index contributed by atoms with van der Waals surface area (Å²) in [6.45, 7) is 2.41. The van der Waals surface area contributed by atoms with Crippen molar-refractivity contribution < 1.29 is 4.79 Å². The van der Waals surface area contributed by atoms with E-state index in [0.29, 0.717) is 17.8 Å². The average molecular weight is 340 g/mol. The van der Waals surface area contributed by atoms with Gasteiger partial charge in [0.05, 0.1) is 5.01 Å². The molecule has 100 valence electrons. The number of nitrogens with two attached hydrogens (primary N) is 1. The Morgan fingerprint density at radius 1 is 1.53 bits per heavy atom. The first-order valence-electron chi connectivity index (χ1n) is 5.80. The second kappa shape index (κ2) is 6.16. The van der Waals surface area contributed by atoms with Gasteiger partial charge in [0, 0.05) is 40.3 Å². The van der Waals surface area contributed by atoms with Gasteiger partial charge in [-0.3, -0.25) is 4.79 Å². The molecule has 3 N–H and O–H groups in total. The van der Waals surface area contributed by atoms with Gasteiger partial charge >= 0.3 is 0 Å². The summed E-state index contributed by atoms with van der Waals surface area (Å²) in [5.74, 6) is -0.109. The normalized spacial score (nSPS) is 10.4. The number of hydrogen-bond donors (Lipinski definition) is 2. The Bertz CT molecular complexity index is 584. The van der Waals surface area contributed by atoms with Crippen LogP contribution >= 0.6 is 27.3 Å². The molecule has 1 aromatic heterocycles. The van der Waals surface area contributed by atoms with Gasteiger partial charge in [-0.05, 0) is 24.6 Å². The van der Waals surface area contributed by atoms with Crippen LogP contribution in [0.4, 0.5) is 5.69 Å². The van der Waals surface area contributed by atoms with Crippen molar-refractivity contribution in [2.45, 2.75) is 13.3 Å². The Morgan fingerprint density at radius 2 is 2.32 bits per heavy atom. The van der Waals surface area contributed by atoms with Gasteiger partial charge in [0.25, 0.3) is 5.91 Å². The second-order valence-electron chi connectivity index (χ2n) is 4.10. The van der Waals surface area contributed by atoms with Crippen LogP contribution in [-0.2, 0) is 6.42 Å². The van der Waals surface area contributed by atoms with Crippen LogP contribution in [0.3, 0.4) is 0 Å². The van der Waals surface area contributed by atoms with Gasteiger partial charge in [-0.2, -0.15) is 0 Å². The largest absolute Gasteiger partial charge is 0.398 e. The van der Waals surface area contributed by atoms with Crippen LogP contribution in [0.25, 0.3) is 0 Å². The fourth-order valence-electron chi connectivity index (χ4n) is 1.69. The molecule has 0 fully saturated rings. The van der Waals surface area contributed by atoms with E-state index in [9.17, 15) is 4.79 Å². The molecule has 0 bridgehead atoms. The van der Waals surface area contributed by atoms with E-state index in [0.717, 1.165) is 21.5 Å². The molecular formula is C13H14BrN3OS. The SMILES string of the molecule is Cc1c(N)cc(Br)cc1C(=O)NCCc1nccs1. The molecule has 6 heteroatoms. The van der Waals surface area contributed by atoms with Crippen LogP contribution in [0.2, 0.25) is 0 Å². The molecule has 1 amide bonds. The van der Waals surface area contributed by atoms with Gasteiger partial charge in [0.15, 0.2) is 0 Å². The minimum atomic E-state index is -0.109. The van der Waals surface area contributed by atoms with E-state index in [1.165, 1.54) is 0 Å². The van der Waals surface area contributed by atoms with Gasteiger partial charge in [-0.25, -0.2) is 4.98 Å². The predicted octanol–water partition coefficient (Wildman–Crippen LogP) is 2.77. The monoisotopic (exact) mass is 339 g/mol. The van der Waals surface area contributed by atoms with Crippen LogP contribution in [-0.4, -0.2) is 17.4 Å². The third-order valence-electron chi connectivity index (χ3n) is 2.77. The summed E-state index contributed by atoms with van der Waals surface area (Å²) in [5.41, 5.74) is 7.86. The number of nitrogens with one attached hydrogen (secondary N) is 1. The summed E-state index contributed by atoms with van der Waals surface area (Å²) in [4.78, 5) is 16.3. The van der Waals surface area contributed by atoms with Crippen LogP contribution in [0.5, 0.6) is 0 Å². The maximum absolute atomic E-state index is 12.1. The van der Waals surface area contributed by atoms with Crippen molar-refractivity contribution in [1.29, 1.82) is 0 Å². The lowest BCUT2D eigenvalue weighted by atomic mass is 10.1. The molecule has 1 heterocycles. The molecule has 0 aliphatic rings. The first-order chi connectivity index (χ1) is 9.08. The molecule has 1 aromatic carbocycles. The predicted molar refractivity (Wildman–Crippen MR) is 81.4 cm³/mol. The Hall–Kier alpha value is -1.40. The standard InChI is InChI=1S/C13H14BrN3OS/c1-8-10(6-9(14)7-11(8)15)13(18)17-3-2-12-16-4-5-19-12/h4-7H,2-3,15H2,1H3,(H,17,18). The van der Waals surface area contributed by atoms with Crippen LogP contribution in [0.1, 0.15) is 20.9 Å². The number of aromatic nitrogens is 1. The number of halogens is 1. The number of nitrogens with zero attached hydrogens (tertiary/aromatic N) is 1. The zero-order valence-electron chi connectivity index (χ0n) is 10.4. The number of thiazole rings is 1. The molecule has 0 aliphatic carbocycles. The zero-order valence-corrected chi connectivity index (χ0v) is 12.8. The third kappa shape index (κ3) is 3.54. The maximum atomic E-state index is 12.1. The minimum Gasteiger partial charge on any atom is -0.398 e. The summed E-state index contributed by atoms with van der Waals surface area (Å²) in [7, 11) is 0. The van der Waals surface area contributed by atoms with E-state index in [1.807, 2.05) is 12.3 Å². The summed E-state index contributed by atoms with van der Waals surface area (Å²) < 4.78 is 0.806. The minimum absolute atomic E-state index is 0.109. The van der Waals surface area contributed by atoms with E-state index < -0.39 is 0 Å². The molecule has 0 aliphatic heterocycles. The van der Waals surface area contributed by atoms with Crippen LogP contribution < -0.4 is 11.1 Å². The van der Waals surface area contributed by atoms with Gasteiger partial charge in [0.1, 0.15) is 0 Å². The third-order valence-corrected chi connectivity index (χ3v) is 4.06. The first-order valence-corrected chi connectivity index (χ1v) is 7.47. The van der Waals surface area contributed by atoms with Gasteiger partial charge in [-0.15, -0.1) is 11.3 Å². The van der Waals surface area contributed by atoms with Crippen LogP contribution in [0, 0.1) is 6.92 Å². The molecule has 19 heavy (non-hydrogen) atoms. The van der Waals surface area contributed by atoms with Crippen molar-refractivity contribution in [1.82, 2.24) is 10.3 Å². The van der Waals surface area contributed by atoms with Crippen molar-refractivity contribution in [3.63, 3.8) is 0 Å². The average Bonchev–Trinajstić information content (AvgIpc) is 2.86. The zero-order chi connectivity index (χ0) is 13.8. The molecule has 2 aromatic rings. The number of rotatable bonds is 4. The van der Waals surface area contributed by atoms with E-state index in [4.69, 9.17) is 5.73 Å². The molecule has 2 rings (SSSR count). The number of anilines is 1. The van der Waals surface area contributed by atoms with E-state index >= 15 is 0 Å². The summed E-state index contributed by atoms with van der Waals surface area (Å²) >= 11 is 4.94. The molecule has 0 radical (unpaired) electrons. The molecule has 0 saturated carbocycles. The number of nitrogen functional groups attached to an aromatic ring is 1. The van der Waals surface area contributed by atoms with Crippen LogP contribution in [0.15, 0.2) is 28.2 Å². The molecule has 0 unspecified atom stereocenters. The Labute approximate surface area is 124 Å². The molecule has 0 saturated heterocycles. The number of hydrogen-bond acceptors (Lipinski definition) is 4. The van der Waals surface area contributed by atoms with Gasteiger partial charge < -0.3 is 11.1 Å². The highest BCUT2D eigenvalue weighted by molar-refractivity contribution is 9.10. The number of carbonyl (C=O) groups is 1. The number of benzene rings is 1. The summed E-state index contributed by atoms with van der Waals surface area (Å²) in [5, 5.41) is 5.83. The fraction of sp³-hybridized carbons (Fsp3) is 0.231. The summed E-state index contributed by atoms with van der Waals surface area (Å²) in [6.07, 6.45) is 2.51. The first kappa shape index (κ1) is 14.0. The van der Waals surface area contributed by atoms with Gasteiger partial charge in [0.2, 0.25) is 0 Å². The molecule has 0 atom stereocenters. The second-order valence-corrected chi connectivity index (χ2v) is 5.99. The topological polar surface area (TPSA) is 68.0 Å². The molecule has 4 nitrogen and oxygen atoms in total. The van der Waals surface area contributed by atoms with Crippen molar-refractivity contribution in [3.8, 4) is 0 Å². The van der Waals surface area contributed by atoms with Gasteiger partial charge in [-0.1, -0.05) is 15.9 Å². The molecular weight excluding hydrogens is 326 g/mol. The van der Waals surface area contributed by atoms with E-state index in [1.54, 1.807) is 29.7 Å². The molecule has 0 spiro atoms. The Balaban J connectivity index is 2.00. The van der Waals surface area contributed by atoms with Crippen molar-refractivity contribution in [2.75, 3.05) is 12.3 Å². The van der Waals surface area contributed by atoms with Crippen molar-refractivity contribution in [3.05, 3.63) is 44.3 Å². The quantitative estimate of drug-likeness (QED) is 0.841. The lowest BCUT2D eigenvalue weighted by Crippen LogP contribution is -2.26. The smallest absolute Gasteiger partial charge is 0.251 e. The summed E-state index contributed by atoms with van der Waals surface area (Å²) in [6, 6.07) is 3.58. The van der Waals surface area contributed by atoms with E-state index in [2.05, 4.69) is 26.2 Å². The number of amides is 1. The highest BCUT2D eigenvalue weighted by atomic mass is 79.9. The van der Waals surface area contributed by atoms with Crippen molar-refractivity contribution in [2.24, 2.45) is 0 Å². The fourth-order valence-corrected chi connectivity index (χ4v) is 2.79. The lowest BCUT2D eigenvalue weighted by molar-refractivity contribution is 0.0953.